The van der Waals surface area contributed by atoms with Crippen LogP contribution in [0.1, 0.15) is 12.8 Å². The fourth-order valence-electron chi connectivity index (χ4n) is 2.93. The molecule has 2 fully saturated rings. The van der Waals surface area contributed by atoms with Crippen molar-refractivity contribution in [1.29, 1.82) is 0 Å². The lowest BCUT2D eigenvalue weighted by atomic mass is 10.2. The van der Waals surface area contributed by atoms with Gasteiger partial charge in [0.2, 0.25) is 11.9 Å². The van der Waals surface area contributed by atoms with Gasteiger partial charge in [-0.1, -0.05) is 0 Å². The van der Waals surface area contributed by atoms with E-state index in [0.29, 0.717) is 18.9 Å². The van der Waals surface area contributed by atoms with E-state index in [1.807, 2.05) is 4.90 Å². The molecule has 1 amide bonds. The maximum atomic E-state index is 11.1. The van der Waals surface area contributed by atoms with Crippen molar-refractivity contribution in [3.05, 3.63) is 18.5 Å². The Balaban J connectivity index is 0.00000225. The van der Waals surface area contributed by atoms with Gasteiger partial charge in [0, 0.05) is 38.6 Å². The largest absolute Gasteiger partial charge is 0.370 e. The number of primary amides is 1. The third-order valence-corrected chi connectivity index (χ3v) is 4.32. The number of aliphatic imine (C=N–C) groups is 1. The van der Waals surface area contributed by atoms with Gasteiger partial charge in [-0.15, -0.1) is 24.0 Å². The molecule has 138 valence electrons. The smallest absolute Gasteiger partial charge is 0.246 e. The highest BCUT2D eigenvalue weighted by atomic mass is 127. The molecule has 10 heteroatoms. The summed E-state index contributed by atoms with van der Waals surface area (Å²) in [5, 5.41) is 0. The minimum atomic E-state index is -0.485. The van der Waals surface area contributed by atoms with E-state index in [1.54, 1.807) is 18.5 Å². The molecule has 2 unspecified atom stereocenters. The molecule has 2 saturated heterocycles. The first-order valence-electron chi connectivity index (χ1n) is 8.15. The molecule has 25 heavy (non-hydrogen) atoms. The second kappa shape index (κ2) is 9.13. The average molecular weight is 461 g/mol. The second-order valence-electron chi connectivity index (χ2n) is 5.95. The minimum Gasteiger partial charge on any atom is -0.370 e. The number of carbonyl (C=O) groups excluding carboxylic acids is 1. The van der Waals surface area contributed by atoms with Crippen LogP contribution in [-0.2, 0) is 9.53 Å². The zero-order valence-electron chi connectivity index (χ0n) is 14.0. The number of nitrogens with zero attached hydrogens (tertiary/aromatic N) is 5. The highest BCUT2D eigenvalue weighted by Crippen LogP contribution is 2.19. The number of nitrogens with two attached hydrogens (primary N) is 2. The first kappa shape index (κ1) is 19.6. The summed E-state index contributed by atoms with van der Waals surface area (Å²) in [7, 11) is 0. The zero-order chi connectivity index (χ0) is 16.9. The summed E-state index contributed by atoms with van der Waals surface area (Å²) < 4.78 is 5.56. The number of guanidine groups is 1. The van der Waals surface area contributed by atoms with E-state index in [-0.39, 0.29) is 30.1 Å². The van der Waals surface area contributed by atoms with Crippen molar-refractivity contribution >= 4 is 41.8 Å². The van der Waals surface area contributed by atoms with Crippen LogP contribution in [-0.4, -0.2) is 71.7 Å². The van der Waals surface area contributed by atoms with Gasteiger partial charge in [0.15, 0.2) is 5.96 Å². The summed E-state index contributed by atoms with van der Waals surface area (Å²) in [6.45, 7) is 3.58. The Bertz CT molecular complexity index is 593. The Kier molecular flexibility index (Phi) is 7.17. The summed E-state index contributed by atoms with van der Waals surface area (Å²) in [6, 6.07) is 1.80. The quantitative estimate of drug-likeness (QED) is 0.354. The summed E-state index contributed by atoms with van der Waals surface area (Å²) >= 11 is 0. The SMILES string of the molecule is I.NC(=O)C1CCC(CN=C(N)N2CCN(c3ncccn3)CC2)O1. The molecule has 3 rings (SSSR count). The minimum absolute atomic E-state index is 0. The monoisotopic (exact) mass is 461 g/mol. The maximum absolute atomic E-state index is 11.1. The number of carbonyl (C=O) groups is 1. The van der Waals surface area contributed by atoms with Crippen LogP contribution in [0, 0.1) is 0 Å². The molecule has 0 aliphatic carbocycles. The number of halogens is 1. The van der Waals surface area contributed by atoms with E-state index in [0.717, 1.165) is 38.5 Å². The van der Waals surface area contributed by atoms with Gasteiger partial charge in [0.05, 0.1) is 12.6 Å². The van der Waals surface area contributed by atoms with Gasteiger partial charge in [-0.25, -0.2) is 9.97 Å². The fourth-order valence-corrected chi connectivity index (χ4v) is 2.93. The van der Waals surface area contributed by atoms with Gasteiger partial charge in [-0.3, -0.25) is 9.79 Å². The molecule has 2 aliphatic heterocycles. The molecule has 3 heterocycles. The van der Waals surface area contributed by atoms with Gasteiger partial charge < -0.3 is 26.0 Å². The first-order valence-corrected chi connectivity index (χ1v) is 8.15. The number of anilines is 1. The Morgan fingerprint density at radius 1 is 1.20 bits per heavy atom. The number of rotatable bonds is 4. The van der Waals surface area contributed by atoms with Crippen LogP contribution >= 0.6 is 24.0 Å². The van der Waals surface area contributed by atoms with Crippen molar-refractivity contribution in [3.8, 4) is 0 Å². The zero-order valence-corrected chi connectivity index (χ0v) is 16.3. The van der Waals surface area contributed by atoms with Gasteiger partial charge >= 0.3 is 0 Å². The molecule has 2 aliphatic rings. The number of hydrogen-bond donors (Lipinski definition) is 2. The number of piperazine rings is 1. The molecular formula is C15H24IN7O2. The number of hydrogen-bond acceptors (Lipinski definition) is 6. The lowest BCUT2D eigenvalue weighted by Crippen LogP contribution is -2.51. The van der Waals surface area contributed by atoms with Crippen LogP contribution in [0.15, 0.2) is 23.5 Å². The molecular weight excluding hydrogens is 437 g/mol. The van der Waals surface area contributed by atoms with Crippen LogP contribution in [0.3, 0.4) is 0 Å². The van der Waals surface area contributed by atoms with Crippen LogP contribution in [0.2, 0.25) is 0 Å². The Morgan fingerprint density at radius 3 is 2.48 bits per heavy atom. The maximum Gasteiger partial charge on any atom is 0.246 e. The van der Waals surface area contributed by atoms with Crippen molar-refractivity contribution in [2.24, 2.45) is 16.5 Å². The molecule has 0 saturated carbocycles. The van der Waals surface area contributed by atoms with Crippen molar-refractivity contribution < 1.29 is 9.53 Å². The second-order valence-corrected chi connectivity index (χ2v) is 5.95. The van der Waals surface area contributed by atoms with Gasteiger partial charge in [0.25, 0.3) is 0 Å². The molecule has 4 N–H and O–H groups in total. The number of ether oxygens (including phenoxy) is 1. The molecule has 0 aromatic carbocycles. The van der Waals surface area contributed by atoms with Crippen LogP contribution in [0.25, 0.3) is 0 Å². The molecule has 9 nitrogen and oxygen atoms in total. The summed E-state index contributed by atoms with van der Waals surface area (Å²) in [4.78, 5) is 28.2. The molecule has 0 radical (unpaired) electrons. The summed E-state index contributed by atoms with van der Waals surface area (Å²) in [6.07, 6.45) is 4.35. The van der Waals surface area contributed by atoms with Crippen LogP contribution in [0.4, 0.5) is 5.95 Å². The Labute approximate surface area is 163 Å². The molecule has 0 spiro atoms. The highest BCUT2D eigenvalue weighted by molar-refractivity contribution is 14.0. The van der Waals surface area contributed by atoms with Crippen LogP contribution in [0.5, 0.6) is 0 Å². The highest BCUT2D eigenvalue weighted by Gasteiger charge is 2.29. The third kappa shape index (κ3) is 5.14. The predicted octanol–water partition coefficient (Wildman–Crippen LogP) is -0.436. The van der Waals surface area contributed by atoms with E-state index < -0.39 is 12.0 Å². The van der Waals surface area contributed by atoms with Gasteiger partial charge in [0.1, 0.15) is 6.10 Å². The Morgan fingerprint density at radius 2 is 1.88 bits per heavy atom. The topological polar surface area (TPSA) is 123 Å². The third-order valence-electron chi connectivity index (χ3n) is 4.32. The number of aromatic nitrogens is 2. The lowest BCUT2D eigenvalue weighted by molar-refractivity contribution is -0.128. The molecule has 2 atom stereocenters. The average Bonchev–Trinajstić information content (AvgIpc) is 3.10. The van der Waals surface area contributed by atoms with E-state index >= 15 is 0 Å². The fraction of sp³-hybridized carbons (Fsp3) is 0.600. The standard InChI is InChI=1S/C15H23N7O2.HI/c16-13(23)12-3-2-11(24-12)10-20-14(17)21-6-8-22(9-7-21)15-18-4-1-5-19-15;/h1,4-5,11-12H,2-3,6-10H2,(H2,16,23)(H2,17,20);1H. The van der Waals surface area contributed by atoms with Gasteiger partial charge in [-0.2, -0.15) is 0 Å². The predicted molar refractivity (Wildman–Crippen MR) is 105 cm³/mol. The van der Waals surface area contributed by atoms with Crippen molar-refractivity contribution in [2.45, 2.75) is 25.0 Å². The molecule has 0 bridgehead atoms. The Hall–Kier alpha value is -1.69. The van der Waals surface area contributed by atoms with E-state index in [4.69, 9.17) is 16.2 Å². The first-order chi connectivity index (χ1) is 11.6. The van der Waals surface area contributed by atoms with E-state index in [9.17, 15) is 4.79 Å². The van der Waals surface area contributed by atoms with E-state index in [2.05, 4.69) is 19.9 Å². The normalized spacial score (nSPS) is 24.1. The lowest BCUT2D eigenvalue weighted by Gasteiger charge is -2.35. The van der Waals surface area contributed by atoms with Crippen LogP contribution < -0.4 is 16.4 Å². The summed E-state index contributed by atoms with van der Waals surface area (Å²) in [5.41, 5.74) is 11.3. The van der Waals surface area contributed by atoms with E-state index in [1.165, 1.54) is 0 Å². The van der Waals surface area contributed by atoms with Crippen molar-refractivity contribution in [3.63, 3.8) is 0 Å². The summed E-state index contributed by atoms with van der Waals surface area (Å²) in [5.74, 6) is 0.841. The van der Waals surface area contributed by atoms with Crippen molar-refractivity contribution in [1.82, 2.24) is 14.9 Å². The number of amides is 1. The molecule has 1 aromatic heterocycles. The van der Waals surface area contributed by atoms with Gasteiger partial charge in [-0.05, 0) is 18.9 Å². The van der Waals surface area contributed by atoms with Crippen molar-refractivity contribution in [2.75, 3.05) is 37.6 Å². The molecule has 1 aromatic rings.